The Kier molecular flexibility index (Phi) is 8.98. The number of aliphatic imine (C=N–C) groups is 1. The fraction of sp³-hybridized carbons (Fsp3) is 0.529. The summed E-state index contributed by atoms with van der Waals surface area (Å²) in [5.41, 5.74) is 1.03. The number of rotatable bonds is 4. The summed E-state index contributed by atoms with van der Waals surface area (Å²) in [7, 11) is 3.56. The van der Waals surface area contributed by atoms with Gasteiger partial charge in [-0.3, -0.25) is 9.79 Å². The maximum Gasteiger partial charge on any atom is 0.223 e. The lowest BCUT2D eigenvalue weighted by molar-refractivity contribution is -0.128. The predicted octanol–water partition coefficient (Wildman–Crippen LogP) is 3.04. The summed E-state index contributed by atoms with van der Waals surface area (Å²) in [6.07, 6.45) is 4.13. The van der Waals surface area contributed by atoms with Crippen LogP contribution in [0.4, 0.5) is 5.69 Å². The minimum absolute atomic E-state index is 0. The molecule has 1 aromatic rings. The molecule has 0 aliphatic carbocycles. The number of anilines is 1. The molecule has 1 aliphatic heterocycles. The van der Waals surface area contributed by atoms with Crippen LogP contribution in [-0.4, -0.2) is 55.4 Å². The van der Waals surface area contributed by atoms with Gasteiger partial charge in [0.15, 0.2) is 5.96 Å². The molecule has 23 heavy (non-hydrogen) atoms. The van der Waals surface area contributed by atoms with Gasteiger partial charge in [0, 0.05) is 39.3 Å². The Balaban J connectivity index is 0.00000264. The van der Waals surface area contributed by atoms with Gasteiger partial charge in [0.25, 0.3) is 0 Å². The molecule has 1 aromatic carbocycles. The summed E-state index contributed by atoms with van der Waals surface area (Å²) >= 11 is 0. The molecule has 5 nitrogen and oxygen atoms in total. The van der Waals surface area contributed by atoms with Crippen LogP contribution in [0, 0.1) is 0 Å². The Morgan fingerprint density at radius 3 is 2.43 bits per heavy atom. The normalized spacial score (nSPS) is 14.9. The number of carbonyl (C=O) groups excluding carboxylic acids is 1. The van der Waals surface area contributed by atoms with Crippen molar-refractivity contribution in [2.75, 3.05) is 39.0 Å². The molecule has 128 valence electrons. The van der Waals surface area contributed by atoms with Crippen molar-refractivity contribution in [3.8, 4) is 0 Å². The average Bonchev–Trinajstić information content (AvgIpc) is 2.55. The molecule has 1 heterocycles. The van der Waals surface area contributed by atoms with Gasteiger partial charge in [-0.2, -0.15) is 0 Å². The van der Waals surface area contributed by atoms with Gasteiger partial charge >= 0.3 is 0 Å². The highest BCUT2D eigenvalue weighted by Gasteiger charge is 2.15. The molecule has 0 unspecified atom stereocenters. The zero-order valence-electron chi connectivity index (χ0n) is 14.0. The van der Waals surface area contributed by atoms with Crippen LogP contribution in [0.15, 0.2) is 35.3 Å². The van der Waals surface area contributed by atoms with Crippen LogP contribution in [0.1, 0.15) is 25.7 Å². The fourth-order valence-electron chi connectivity index (χ4n) is 2.46. The molecule has 2 rings (SSSR count). The molecule has 0 bridgehead atoms. The van der Waals surface area contributed by atoms with Crippen molar-refractivity contribution < 1.29 is 4.79 Å². The van der Waals surface area contributed by atoms with Crippen LogP contribution in [-0.2, 0) is 4.79 Å². The van der Waals surface area contributed by atoms with E-state index in [0.717, 1.165) is 24.7 Å². The molecule has 0 aromatic heterocycles. The van der Waals surface area contributed by atoms with Crippen LogP contribution in [0.2, 0.25) is 0 Å². The first-order chi connectivity index (χ1) is 10.7. The monoisotopic (exact) mass is 430 g/mol. The van der Waals surface area contributed by atoms with E-state index in [2.05, 4.69) is 15.2 Å². The van der Waals surface area contributed by atoms with Gasteiger partial charge in [-0.15, -0.1) is 24.0 Å². The lowest BCUT2D eigenvalue weighted by Gasteiger charge is -2.30. The SMILES string of the molecule is CN(C)C(=O)CCN=C(Nc1ccccc1)N1CCCCC1.I. The molecule has 0 atom stereocenters. The topological polar surface area (TPSA) is 47.9 Å². The second-order valence-electron chi connectivity index (χ2n) is 5.78. The van der Waals surface area contributed by atoms with E-state index in [1.54, 1.807) is 19.0 Å². The van der Waals surface area contributed by atoms with Gasteiger partial charge in [0.1, 0.15) is 0 Å². The highest BCUT2D eigenvalue weighted by atomic mass is 127. The Morgan fingerprint density at radius 1 is 1.17 bits per heavy atom. The third-order valence-electron chi connectivity index (χ3n) is 3.77. The smallest absolute Gasteiger partial charge is 0.223 e. The Hall–Kier alpha value is -1.31. The third kappa shape index (κ3) is 6.76. The minimum atomic E-state index is 0. The quantitative estimate of drug-likeness (QED) is 0.454. The van der Waals surface area contributed by atoms with E-state index in [0.29, 0.717) is 13.0 Å². The molecule has 1 N–H and O–H groups in total. The van der Waals surface area contributed by atoms with Crippen LogP contribution in [0.5, 0.6) is 0 Å². The average molecular weight is 430 g/mol. The van der Waals surface area contributed by atoms with Crippen molar-refractivity contribution in [2.24, 2.45) is 4.99 Å². The zero-order valence-corrected chi connectivity index (χ0v) is 16.3. The van der Waals surface area contributed by atoms with Crippen LogP contribution < -0.4 is 5.32 Å². The van der Waals surface area contributed by atoms with Crippen molar-refractivity contribution in [1.29, 1.82) is 0 Å². The number of benzene rings is 1. The summed E-state index contributed by atoms with van der Waals surface area (Å²) in [5.74, 6) is 0.999. The summed E-state index contributed by atoms with van der Waals surface area (Å²) in [5, 5.41) is 3.40. The number of likely N-dealkylation sites (tertiary alicyclic amines) is 1. The zero-order chi connectivity index (χ0) is 15.8. The molecule has 6 heteroatoms. The molecule has 0 radical (unpaired) electrons. The van der Waals surface area contributed by atoms with Gasteiger partial charge in [0.05, 0.1) is 6.54 Å². The molecule has 1 amide bonds. The van der Waals surface area contributed by atoms with Crippen molar-refractivity contribution in [1.82, 2.24) is 9.80 Å². The van der Waals surface area contributed by atoms with Crippen LogP contribution >= 0.6 is 24.0 Å². The third-order valence-corrected chi connectivity index (χ3v) is 3.77. The molecule has 1 fully saturated rings. The van der Waals surface area contributed by atoms with Gasteiger partial charge in [-0.25, -0.2) is 0 Å². The predicted molar refractivity (Wildman–Crippen MR) is 107 cm³/mol. The number of guanidine groups is 1. The molecule has 0 spiro atoms. The van der Waals surface area contributed by atoms with Gasteiger partial charge < -0.3 is 15.1 Å². The first kappa shape index (κ1) is 19.7. The molecule has 0 saturated carbocycles. The summed E-state index contributed by atoms with van der Waals surface area (Å²) in [4.78, 5) is 20.2. The summed E-state index contributed by atoms with van der Waals surface area (Å²) in [6, 6.07) is 10.1. The van der Waals surface area contributed by atoms with Crippen molar-refractivity contribution >= 4 is 41.5 Å². The second-order valence-corrected chi connectivity index (χ2v) is 5.78. The number of hydrogen-bond acceptors (Lipinski definition) is 2. The van der Waals surface area contributed by atoms with E-state index in [-0.39, 0.29) is 29.9 Å². The number of piperidine rings is 1. The maximum absolute atomic E-state index is 11.7. The largest absolute Gasteiger partial charge is 0.349 e. The van der Waals surface area contributed by atoms with E-state index >= 15 is 0 Å². The van der Waals surface area contributed by atoms with E-state index in [1.807, 2.05) is 30.3 Å². The number of carbonyl (C=O) groups is 1. The lowest BCUT2D eigenvalue weighted by Crippen LogP contribution is -2.40. The highest BCUT2D eigenvalue weighted by molar-refractivity contribution is 14.0. The minimum Gasteiger partial charge on any atom is -0.349 e. The Labute approximate surface area is 156 Å². The molecule has 1 saturated heterocycles. The molecule has 1 aliphatic rings. The standard InChI is InChI=1S/C17H26N4O.HI/c1-20(2)16(22)11-12-18-17(21-13-7-4-8-14-21)19-15-9-5-3-6-10-15;/h3,5-6,9-10H,4,7-8,11-14H2,1-2H3,(H,18,19);1H. The number of nitrogens with zero attached hydrogens (tertiary/aromatic N) is 3. The first-order valence-electron chi connectivity index (χ1n) is 7.98. The fourth-order valence-corrected chi connectivity index (χ4v) is 2.46. The second kappa shape index (κ2) is 10.5. The van der Waals surface area contributed by atoms with Gasteiger partial charge in [-0.1, -0.05) is 18.2 Å². The van der Waals surface area contributed by atoms with Crippen LogP contribution in [0.3, 0.4) is 0 Å². The first-order valence-corrected chi connectivity index (χ1v) is 7.98. The number of nitrogens with one attached hydrogen (secondary N) is 1. The Morgan fingerprint density at radius 2 is 1.83 bits per heavy atom. The summed E-state index contributed by atoms with van der Waals surface area (Å²) in [6.45, 7) is 2.57. The van der Waals surface area contributed by atoms with E-state index in [9.17, 15) is 4.79 Å². The number of halogens is 1. The number of amides is 1. The van der Waals surface area contributed by atoms with Crippen molar-refractivity contribution in [3.05, 3.63) is 30.3 Å². The van der Waals surface area contributed by atoms with Crippen molar-refractivity contribution in [3.63, 3.8) is 0 Å². The van der Waals surface area contributed by atoms with Gasteiger partial charge in [0.2, 0.25) is 5.91 Å². The van der Waals surface area contributed by atoms with E-state index in [4.69, 9.17) is 0 Å². The van der Waals surface area contributed by atoms with E-state index in [1.165, 1.54) is 19.3 Å². The van der Waals surface area contributed by atoms with Crippen molar-refractivity contribution in [2.45, 2.75) is 25.7 Å². The van der Waals surface area contributed by atoms with Gasteiger partial charge in [-0.05, 0) is 31.4 Å². The number of para-hydroxylation sites is 1. The van der Waals surface area contributed by atoms with Crippen LogP contribution in [0.25, 0.3) is 0 Å². The molecular formula is C17H27IN4O. The summed E-state index contributed by atoms with van der Waals surface area (Å²) < 4.78 is 0. The van der Waals surface area contributed by atoms with E-state index < -0.39 is 0 Å². The molecular weight excluding hydrogens is 403 g/mol. The lowest BCUT2D eigenvalue weighted by atomic mass is 10.1. The highest BCUT2D eigenvalue weighted by Crippen LogP contribution is 2.12. The Bertz CT molecular complexity index is 499. The number of hydrogen-bond donors (Lipinski definition) is 1. The maximum atomic E-state index is 11.7.